The smallest absolute Gasteiger partial charge is 0.312 e. The van der Waals surface area contributed by atoms with Crippen molar-refractivity contribution in [2.45, 2.75) is 20.3 Å². The monoisotopic (exact) mass is 300 g/mol. The van der Waals surface area contributed by atoms with Gasteiger partial charge in [0.25, 0.3) is 0 Å². The second-order valence-corrected chi connectivity index (χ2v) is 5.93. The number of nitrogens with zero attached hydrogens (tertiary/aromatic N) is 2. The molecular weight excluding hydrogens is 272 g/mol. The quantitative estimate of drug-likeness (QED) is 0.675. The zero-order chi connectivity index (χ0) is 15.8. The average Bonchev–Trinajstić information content (AvgIpc) is 2.45. The second kappa shape index (κ2) is 9.00. The van der Waals surface area contributed by atoms with Gasteiger partial charge in [-0.25, -0.2) is 0 Å². The Hall–Kier alpha value is -1.14. The summed E-state index contributed by atoms with van der Waals surface area (Å²) in [4.78, 5) is 28.0. The van der Waals surface area contributed by atoms with Crippen molar-refractivity contribution in [3.8, 4) is 0 Å². The summed E-state index contributed by atoms with van der Waals surface area (Å²) in [5, 5.41) is 0. The molecule has 0 spiro atoms. The fourth-order valence-corrected chi connectivity index (χ4v) is 2.82. The van der Waals surface area contributed by atoms with E-state index in [0.717, 1.165) is 6.42 Å². The predicted molar refractivity (Wildman–Crippen MR) is 79.9 cm³/mol. The van der Waals surface area contributed by atoms with E-state index in [1.807, 2.05) is 0 Å². The minimum absolute atomic E-state index is 0.402. The molecule has 0 aromatic heterocycles. The third-order valence-corrected chi connectivity index (χ3v) is 3.76. The van der Waals surface area contributed by atoms with Gasteiger partial charge in [-0.3, -0.25) is 9.59 Å². The van der Waals surface area contributed by atoms with E-state index in [1.54, 1.807) is 19.1 Å². The minimum Gasteiger partial charge on any atom is -0.383 e. The number of hydrogen-bond acceptors (Lipinski definition) is 4. The highest BCUT2D eigenvalue weighted by Crippen LogP contribution is 2.21. The van der Waals surface area contributed by atoms with Crippen molar-refractivity contribution in [1.29, 1.82) is 0 Å². The van der Waals surface area contributed by atoms with Crippen LogP contribution in [0.15, 0.2) is 0 Å². The molecule has 2 amide bonds. The predicted octanol–water partition coefficient (Wildman–Crippen LogP) is 0.612. The molecule has 0 aromatic rings. The number of carbonyl (C=O) groups excluding carboxylic acids is 2. The third kappa shape index (κ3) is 5.63. The molecule has 2 unspecified atom stereocenters. The van der Waals surface area contributed by atoms with Crippen molar-refractivity contribution >= 4 is 11.8 Å². The number of likely N-dealkylation sites (tertiary alicyclic amines) is 1. The summed E-state index contributed by atoms with van der Waals surface area (Å²) in [6, 6.07) is 0. The minimum atomic E-state index is -0.453. The molecule has 6 nitrogen and oxygen atoms in total. The van der Waals surface area contributed by atoms with Gasteiger partial charge in [0.1, 0.15) is 0 Å². The SMILES string of the molecule is COCCN(CCOC)C(=O)C(=O)N1CC(C)CC(C)C1. The molecule has 1 rings (SSSR count). The Morgan fingerprint density at radius 1 is 1.05 bits per heavy atom. The van der Waals surface area contributed by atoms with Crippen molar-refractivity contribution in [2.24, 2.45) is 11.8 Å². The Morgan fingerprint density at radius 3 is 1.95 bits per heavy atom. The fourth-order valence-electron chi connectivity index (χ4n) is 2.82. The molecular formula is C15H28N2O4. The van der Waals surface area contributed by atoms with Gasteiger partial charge in [-0.05, 0) is 18.3 Å². The molecule has 0 aliphatic carbocycles. The van der Waals surface area contributed by atoms with Gasteiger partial charge in [0, 0.05) is 40.4 Å². The number of ether oxygens (including phenoxy) is 2. The first-order valence-corrected chi connectivity index (χ1v) is 7.55. The highest BCUT2D eigenvalue weighted by Gasteiger charge is 2.31. The van der Waals surface area contributed by atoms with Crippen molar-refractivity contribution in [3.05, 3.63) is 0 Å². The molecule has 21 heavy (non-hydrogen) atoms. The third-order valence-electron chi connectivity index (χ3n) is 3.76. The van der Waals surface area contributed by atoms with Crippen LogP contribution in [0.3, 0.4) is 0 Å². The lowest BCUT2D eigenvalue weighted by atomic mass is 9.92. The Bertz CT molecular complexity index is 331. The van der Waals surface area contributed by atoms with E-state index in [0.29, 0.717) is 51.2 Å². The molecule has 1 fully saturated rings. The van der Waals surface area contributed by atoms with Crippen LogP contribution in [-0.2, 0) is 19.1 Å². The van der Waals surface area contributed by atoms with E-state index in [9.17, 15) is 9.59 Å². The number of piperidine rings is 1. The standard InChI is InChI=1S/C15H28N2O4/c1-12-9-13(2)11-17(10-12)15(19)14(18)16(5-7-20-3)6-8-21-4/h12-13H,5-11H2,1-4H3. The molecule has 0 N–H and O–H groups in total. The Kier molecular flexibility index (Phi) is 7.67. The lowest BCUT2D eigenvalue weighted by molar-refractivity contribution is -0.154. The number of carbonyl (C=O) groups is 2. The maximum absolute atomic E-state index is 12.4. The average molecular weight is 300 g/mol. The summed E-state index contributed by atoms with van der Waals surface area (Å²) in [7, 11) is 3.16. The molecule has 1 heterocycles. The summed E-state index contributed by atoms with van der Waals surface area (Å²) < 4.78 is 10.0. The molecule has 1 aliphatic rings. The molecule has 0 aromatic carbocycles. The Labute approximate surface area is 127 Å². The van der Waals surface area contributed by atoms with E-state index in [4.69, 9.17) is 9.47 Å². The first-order chi connectivity index (χ1) is 9.99. The second-order valence-electron chi connectivity index (χ2n) is 5.93. The van der Waals surface area contributed by atoms with Gasteiger partial charge in [-0.1, -0.05) is 13.8 Å². The van der Waals surface area contributed by atoms with Gasteiger partial charge in [0.15, 0.2) is 0 Å². The zero-order valence-electron chi connectivity index (χ0n) is 13.6. The van der Waals surface area contributed by atoms with Crippen LogP contribution >= 0.6 is 0 Å². The number of methoxy groups -OCH3 is 2. The van der Waals surface area contributed by atoms with E-state index in [1.165, 1.54) is 4.90 Å². The summed E-state index contributed by atoms with van der Waals surface area (Å²) in [6.45, 7) is 7.20. The number of hydrogen-bond donors (Lipinski definition) is 0. The molecule has 0 bridgehead atoms. The van der Waals surface area contributed by atoms with E-state index >= 15 is 0 Å². The molecule has 0 saturated carbocycles. The van der Waals surface area contributed by atoms with E-state index in [-0.39, 0.29) is 0 Å². The van der Waals surface area contributed by atoms with Crippen molar-refractivity contribution in [3.63, 3.8) is 0 Å². The van der Waals surface area contributed by atoms with E-state index in [2.05, 4.69) is 13.8 Å². The van der Waals surface area contributed by atoms with Crippen LogP contribution in [0.4, 0.5) is 0 Å². The summed E-state index contributed by atoms with van der Waals surface area (Å²) >= 11 is 0. The Balaban J connectivity index is 2.65. The molecule has 122 valence electrons. The van der Waals surface area contributed by atoms with Gasteiger partial charge < -0.3 is 19.3 Å². The highest BCUT2D eigenvalue weighted by molar-refractivity contribution is 6.34. The van der Waals surface area contributed by atoms with Crippen LogP contribution in [0.2, 0.25) is 0 Å². The molecule has 1 aliphatic heterocycles. The van der Waals surface area contributed by atoms with Gasteiger partial charge in [-0.2, -0.15) is 0 Å². The van der Waals surface area contributed by atoms with Crippen LogP contribution in [0.25, 0.3) is 0 Å². The summed E-state index contributed by atoms with van der Waals surface area (Å²) in [5.41, 5.74) is 0. The first-order valence-electron chi connectivity index (χ1n) is 7.55. The van der Waals surface area contributed by atoms with Crippen LogP contribution in [0.5, 0.6) is 0 Å². The van der Waals surface area contributed by atoms with Crippen LogP contribution in [0.1, 0.15) is 20.3 Å². The number of rotatable bonds is 6. The summed E-state index contributed by atoms with van der Waals surface area (Å²) in [6.07, 6.45) is 1.11. The van der Waals surface area contributed by atoms with Gasteiger partial charge in [0.2, 0.25) is 0 Å². The molecule has 2 atom stereocenters. The number of amides is 2. The fraction of sp³-hybridized carbons (Fsp3) is 0.867. The first kappa shape index (κ1) is 17.9. The molecule has 0 radical (unpaired) electrons. The van der Waals surface area contributed by atoms with Gasteiger partial charge in [-0.15, -0.1) is 0 Å². The summed E-state index contributed by atoms with van der Waals surface area (Å²) in [5.74, 6) is 0.0276. The van der Waals surface area contributed by atoms with Gasteiger partial charge >= 0.3 is 11.8 Å². The molecule has 6 heteroatoms. The van der Waals surface area contributed by atoms with E-state index < -0.39 is 11.8 Å². The van der Waals surface area contributed by atoms with Crippen LogP contribution in [-0.4, -0.2) is 75.2 Å². The topological polar surface area (TPSA) is 59.1 Å². The van der Waals surface area contributed by atoms with Gasteiger partial charge in [0.05, 0.1) is 13.2 Å². The van der Waals surface area contributed by atoms with Crippen molar-refractivity contribution < 1.29 is 19.1 Å². The van der Waals surface area contributed by atoms with Crippen LogP contribution < -0.4 is 0 Å². The van der Waals surface area contributed by atoms with Crippen LogP contribution in [0, 0.1) is 11.8 Å². The highest BCUT2D eigenvalue weighted by atomic mass is 16.5. The molecule has 1 saturated heterocycles. The zero-order valence-corrected chi connectivity index (χ0v) is 13.6. The lowest BCUT2D eigenvalue weighted by Gasteiger charge is -2.35. The maximum Gasteiger partial charge on any atom is 0.312 e. The maximum atomic E-state index is 12.4. The lowest BCUT2D eigenvalue weighted by Crippen LogP contribution is -2.51. The van der Waals surface area contributed by atoms with Crippen molar-refractivity contribution in [2.75, 3.05) is 53.6 Å². The van der Waals surface area contributed by atoms with Crippen molar-refractivity contribution in [1.82, 2.24) is 9.80 Å². The largest absolute Gasteiger partial charge is 0.383 e. The Morgan fingerprint density at radius 2 is 1.52 bits per heavy atom. The normalized spacial score (nSPS) is 22.2.